The molecule has 0 fully saturated rings. The van der Waals surface area contributed by atoms with Crippen LogP contribution < -0.4 is 5.43 Å². The molecule has 0 bridgehead atoms. The maximum atomic E-state index is 12.0. The zero-order valence-electron chi connectivity index (χ0n) is 14.2. The topological polar surface area (TPSA) is 97.7 Å². The standard InChI is InChI=1S/C19H14ClN3O4/c1-12-2-7-15(23(25)26)10-17(12)18-9-8-16(27-18)11-21-22-19(24)13-3-5-14(20)6-4-13/h2-11H,1H3,(H,22,24)/b21-11-. The normalized spacial score (nSPS) is 10.9. The lowest BCUT2D eigenvalue weighted by atomic mass is 10.1. The summed E-state index contributed by atoms with van der Waals surface area (Å²) in [6, 6.07) is 14.3. The van der Waals surface area contributed by atoms with Gasteiger partial charge in [-0.1, -0.05) is 17.7 Å². The molecule has 27 heavy (non-hydrogen) atoms. The number of halogens is 1. The molecular weight excluding hydrogens is 370 g/mol. The minimum absolute atomic E-state index is 0.0163. The minimum atomic E-state index is -0.458. The molecule has 1 heterocycles. The third kappa shape index (κ3) is 4.39. The van der Waals surface area contributed by atoms with Crippen molar-refractivity contribution in [3.63, 3.8) is 0 Å². The van der Waals surface area contributed by atoms with E-state index in [1.165, 1.54) is 18.3 Å². The zero-order valence-corrected chi connectivity index (χ0v) is 14.9. The Bertz CT molecular complexity index is 1030. The van der Waals surface area contributed by atoms with E-state index >= 15 is 0 Å². The molecule has 136 valence electrons. The van der Waals surface area contributed by atoms with Crippen molar-refractivity contribution < 1.29 is 14.1 Å². The molecule has 0 radical (unpaired) electrons. The number of nitrogens with zero attached hydrogens (tertiary/aromatic N) is 2. The van der Waals surface area contributed by atoms with Gasteiger partial charge < -0.3 is 4.42 Å². The van der Waals surface area contributed by atoms with Gasteiger partial charge in [-0.2, -0.15) is 5.10 Å². The van der Waals surface area contributed by atoms with Crippen LogP contribution in [0, 0.1) is 17.0 Å². The minimum Gasteiger partial charge on any atom is -0.455 e. The van der Waals surface area contributed by atoms with Crippen LogP contribution in [0.5, 0.6) is 0 Å². The number of benzene rings is 2. The van der Waals surface area contributed by atoms with Gasteiger partial charge in [0.25, 0.3) is 11.6 Å². The Morgan fingerprint density at radius 1 is 1.19 bits per heavy atom. The van der Waals surface area contributed by atoms with Gasteiger partial charge in [0.15, 0.2) is 0 Å². The van der Waals surface area contributed by atoms with Crippen molar-refractivity contribution in [1.29, 1.82) is 0 Å². The van der Waals surface area contributed by atoms with Crippen LogP contribution in [-0.4, -0.2) is 17.0 Å². The lowest BCUT2D eigenvalue weighted by molar-refractivity contribution is -0.384. The van der Waals surface area contributed by atoms with E-state index in [-0.39, 0.29) is 11.6 Å². The first-order chi connectivity index (χ1) is 12.9. The van der Waals surface area contributed by atoms with Gasteiger partial charge >= 0.3 is 0 Å². The Hall–Kier alpha value is -3.45. The molecule has 0 aliphatic heterocycles. The first-order valence-electron chi connectivity index (χ1n) is 7.88. The van der Waals surface area contributed by atoms with Crippen molar-refractivity contribution >= 4 is 29.4 Å². The van der Waals surface area contributed by atoms with Crippen LogP contribution in [0.25, 0.3) is 11.3 Å². The van der Waals surface area contributed by atoms with E-state index in [2.05, 4.69) is 10.5 Å². The number of carbonyl (C=O) groups excluding carboxylic acids is 1. The number of hydrazone groups is 1. The van der Waals surface area contributed by atoms with Crippen LogP contribution >= 0.6 is 11.6 Å². The van der Waals surface area contributed by atoms with Crippen molar-refractivity contribution in [3.05, 3.63) is 86.6 Å². The molecule has 0 atom stereocenters. The lowest BCUT2D eigenvalue weighted by Gasteiger charge is -2.02. The summed E-state index contributed by atoms with van der Waals surface area (Å²) < 4.78 is 5.65. The SMILES string of the molecule is Cc1ccc([N+](=O)[O-])cc1-c1ccc(/C=N\NC(=O)c2ccc(Cl)cc2)o1. The number of nitrogens with one attached hydrogen (secondary N) is 1. The molecule has 1 aromatic heterocycles. The number of aryl methyl sites for hydroxylation is 1. The number of nitro benzene ring substituents is 1. The van der Waals surface area contributed by atoms with Crippen LogP contribution in [0.4, 0.5) is 5.69 Å². The Kier molecular flexibility index (Phi) is 5.33. The summed E-state index contributed by atoms with van der Waals surface area (Å²) in [5.74, 6) is 0.484. The number of hydrogen-bond donors (Lipinski definition) is 1. The molecule has 8 heteroatoms. The first-order valence-corrected chi connectivity index (χ1v) is 8.26. The second kappa shape index (κ2) is 7.84. The Balaban J connectivity index is 1.72. The highest BCUT2D eigenvalue weighted by atomic mass is 35.5. The molecule has 0 aliphatic carbocycles. The number of carbonyl (C=O) groups is 1. The van der Waals surface area contributed by atoms with Crippen LogP contribution in [0.3, 0.4) is 0 Å². The Morgan fingerprint density at radius 3 is 2.63 bits per heavy atom. The average molecular weight is 384 g/mol. The maximum Gasteiger partial charge on any atom is 0.271 e. The van der Waals surface area contributed by atoms with Gasteiger partial charge in [-0.25, -0.2) is 5.43 Å². The largest absolute Gasteiger partial charge is 0.455 e. The highest BCUT2D eigenvalue weighted by Crippen LogP contribution is 2.28. The number of furan rings is 1. The van der Waals surface area contributed by atoms with Crippen LogP contribution in [0.2, 0.25) is 5.02 Å². The van der Waals surface area contributed by atoms with Crippen molar-refractivity contribution in [2.45, 2.75) is 6.92 Å². The summed E-state index contributed by atoms with van der Waals surface area (Å²) in [5, 5.41) is 15.3. The number of amides is 1. The number of rotatable bonds is 5. The van der Waals surface area contributed by atoms with Gasteiger partial charge in [0.1, 0.15) is 11.5 Å². The lowest BCUT2D eigenvalue weighted by Crippen LogP contribution is -2.17. The molecule has 0 saturated heterocycles. The van der Waals surface area contributed by atoms with Gasteiger partial charge in [0, 0.05) is 28.3 Å². The number of non-ortho nitro benzene ring substituents is 1. The van der Waals surface area contributed by atoms with Crippen molar-refractivity contribution in [2.75, 3.05) is 0 Å². The molecule has 0 aliphatic rings. The van der Waals surface area contributed by atoms with Crippen molar-refractivity contribution in [3.8, 4) is 11.3 Å². The molecule has 3 rings (SSSR count). The summed E-state index contributed by atoms with van der Waals surface area (Å²) >= 11 is 5.78. The molecule has 0 saturated carbocycles. The van der Waals surface area contributed by atoms with E-state index in [4.69, 9.17) is 16.0 Å². The number of nitro groups is 1. The summed E-state index contributed by atoms with van der Waals surface area (Å²) in [4.78, 5) is 22.4. The van der Waals surface area contributed by atoms with E-state index in [1.807, 2.05) is 6.92 Å². The summed E-state index contributed by atoms with van der Waals surface area (Å²) in [7, 11) is 0. The first kappa shape index (κ1) is 18.3. The summed E-state index contributed by atoms with van der Waals surface area (Å²) in [6.45, 7) is 1.84. The number of hydrogen-bond acceptors (Lipinski definition) is 5. The van der Waals surface area contributed by atoms with Gasteiger partial charge in [-0.05, 0) is 48.9 Å². The molecule has 1 N–H and O–H groups in total. The molecule has 0 spiro atoms. The predicted molar refractivity (Wildman–Crippen MR) is 102 cm³/mol. The van der Waals surface area contributed by atoms with E-state index in [0.29, 0.717) is 27.7 Å². The maximum absolute atomic E-state index is 12.0. The second-order valence-corrected chi connectivity index (χ2v) is 6.10. The van der Waals surface area contributed by atoms with Crippen molar-refractivity contribution in [1.82, 2.24) is 5.43 Å². The smallest absolute Gasteiger partial charge is 0.271 e. The van der Waals surface area contributed by atoms with Crippen LogP contribution in [0.1, 0.15) is 21.7 Å². The third-order valence-corrected chi connectivity index (χ3v) is 4.04. The van der Waals surface area contributed by atoms with Crippen molar-refractivity contribution in [2.24, 2.45) is 5.10 Å². The zero-order chi connectivity index (χ0) is 19.4. The van der Waals surface area contributed by atoms with Gasteiger partial charge in [0.05, 0.1) is 11.1 Å². The molecule has 0 unspecified atom stereocenters. The van der Waals surface area contributed by atoms with Crippen LogP contribution in [0.15, 0.2) is 64.1 Å². The van der Waals surface area contributed by atoms with E-state index in [0.717, 1.165) is 5.56 Å². The molecule has 1 amide bonds. The Labute approximate surface area is 159 Å². The fourth-order valence-electron chi connectivity index (χ4n) is 2.38. The average Bonchev–Trinajstić information content (AvgIpc) is 3.11. The quantitative estimate of drug-likeness (QED) is 0.396. The van der Waals surface area contributed by atoms with Gasteiger partial charge in [-0.15, -0.1) is 0 Å². The van der Waals surface area contributed by atoms with E-state index in [1.54, 1.807) is 42.5 Å². The van der Waals surface area contributed by atoms with Gasteiger partial charge in [0.2, 0.25) is 0 Å². The fourth-order valence-corrected chi connectivity index (χ4v) is 2.50. The highest BCUT2D eigenvalue weighted by molar-refractivity contribution is 6.30. The summed E-state index contributed by atoms with van der Waals surface area (Å²) in [5.41, 5.74) is 4.26. The highest BCUT2D eigenvalue weighted by Gasteiger charge is 2.13. The van der Waals surface area contributed by atoms with E-state index in [9.17, 15) is 14.9 Å². The molecule has 3 aromatic rings. The molecule has 2 aromatic carbocycles. The second-order valence-electron chi connectivity index (χ2n) is 5.66. The molecule has 7 nitrogen and oxygen atoms in total. The van der Waals surface area contributed by atoms with Gasteiger partial charge in [-0.3, -0.25) is 14.9 Å². The third-order valence-electron chi connectivity index (χ3n) is 3.79. The predicted octanol–water partition coefficient (Wildman–Crippen LogP) is 4.58. The van der Waals surface area contributed by atoms with Crippen LogP contribution in [-0.2, 0) is 0 Å². The van der Waals surface area contributed by atoms with E-state index < -0.39 is 4.92 Å². The Morgan fingerprint density at radius 2 is 1.93 bits per heavy atom. The summed E-state index contributed by atoms with van der Waals surface area (Å²) in [6.07, 6.45) is 1.35. The monoisotopic (exact) mass is 383 g/mol. The fraction of sp³-hybridized carbons (Fsp3) is 0.0526. The molecular formula is C19H14ClN3O4.